The van der Waals surface area contributed by atoms with Crippen molar-refractivity contribution in [3.8, 4) is 17.2 Å². The quantitative estimate of drug-likeness (QED) is 0.798. The highest BCUT2D eigenvalue weighted by Gasteiger charge is 2.22. The average Bonchev–Trinajstić information content (AvgIpc) is 2.70. The number of carbonyl (C=O) groups is 1. The van der Waals surface area contributed by atoms with Crippen molar-refractivity contribution >= 4 is 5.91 Å². The minimum absolute atomic E-state index is 0.182. The van der Waals surface area contributed by atoms with Crippen LogP contribution in [0.3, 0.4) is 0 Å². The van der Waals surface area contributed by atoms with E-state index >= 15 is 0 Å². The van der Waals surface area contributed by atoms with E-state index in [2.05, 4.69) is 0 Å². The molecule has 1 amide bonds. The highest BCUT2D eigenvalue weighted by molar-refractivity contribution is 5.77. The number of hydrogen-bond acceptors (Lipinski definition) is 4. The number of benzene rings is 2. The number of amides is 1. The Balaban J connectivity index is 1.63. The molecule has 1 aliphatic rings. The lowest BCUT2D eigenvalue weighted by Crippen LogP contribution is -2.36. The Kier molecular flexibility index (Phi) is 5.66. The Morgan fingerprint density at radius 2 is 1.62 bits per heavy atom. The lowest BCUT2D eigenvalue weighted by atomic mass is 9.98. The number of methoxy groups -OCH3 is 3. The third-order valence-corrected chi connectivity index (χ3v) is 4.86. The van der Waals surface area contributed by atoms with Crippen LogP contribution in [0.2, 0.25) is 0 Å². The highest BCUT2D eigenvalue weighted by Crippen LogP contribution is 2.33. The van der Waals surface area contributed by atoms with Gasteiger partial charge in [-0.1, -0.05) is 12.1 Å². The van der Waals surface area contributed by atoms with Crippen molar-refractivity contribution in [3.63, 3.8) is 0 Å². The van der Waals surface area contributed by atoms with Gasteiger partial charge >= 0.3 is 0 Å². The summed E-state index contributed by atoms with van der Waals surface area (Å²) in [6.07, 6.45) is 2.08. The van der Waals surface area contributed by atoms with Crippen LogP contribution in [0.4, 0.5) is 0 Å². The first-order chi connectivity index (χ1) is 12.6. The SMILES string of the molecule is COc1ccc(CCC(=O)N2CCc3cc(OC)c(OC)cc3C2)cc1. The van der Waals surface area contributed by atoms with Gasteiger partial charge in [-0.05, 0) is 53.8 Å². The number of hydrogen-bond donors (Lipinski definition) is 0. The maximum Gasteiger partial charge on any atom is 0.223 e. The number of ether oxygens (including phenoxy) is 3. The standard InChI is InChI=1S/C21H25NO4/c1-24-18-7-4-15(5-8-18)6-9-21(23)22-11-10-16-12-19(25-2)20(26-3)13-17(16)14-22/h4-5,7-8,12-13H,6,9-11,14H2,1-3H3. The van der Waals surface area contributed by atoms with Gasteiger partial charge in [0.2, 0.25) is 5.91 Å². The molecule has 5 nitrogen and oxygen atoms in total. The normalized spacial score (nSPS) is 13.1. The van der Waals surface area contributed by atoms with E-state index in [1.165, 1.54) is 5.56 Å². The van der Waals surface area contributed by atoms with Gasteiger partial charge in [-0.15, -0.1) is 0 Å². The van der Waals surface area contributed by atoms with E-state index < -0.39 is 0 Å². The molecule has 26 heavy (non-hydrogen) atoms. The molecule has 0 aromatic heterocycles. The zero-order chi connectivity index (χ0) is 18.5. The molecular formula is C21H25NO4. The van der Waals surface area contributed by atoms with E-state index in [-0.39, 0.29) is 5.91 Å². The first kappa shape index (κ1) is 18.1. The molecule has 0 saturated heterocycles. The smallest absolute Gasteiger partial charge is 0.223 e. The first-order valence-corrected chi connectivity index (χ1v) is 8.79. The second-order valence-corrected chi connectivity index (χ2v) is 6.39. The Hall–Kier alpha value is -2.69. The molecule has 0 spiro atoms. The van der Waals surface area contributed by atoms with Crippen molar-refractivity contribution in [2.75, 3.05) is 27.9 Å². The molecule has 0 saturated carbocycles. The zero-order valence-corrected chi connectivity index (χ0v) is 15.6. The second-order valence-electron chi connectivity index (χ2n) is 6.39. The van der Waals surface area contributed by atoms with Crippen LogP contribution in [0.5, 0.6) is 17.2 Å². The van der Waals surface area contributed by atoms with Gasteiger partial charge in [0.05, 0.1) is 21.3 Å². The van der Waals surface area contributed by atoms with Gasteiger partial charge in [0.15, 0.2) is 11.5 Å². The highest BCUT2D eigenvalue weighted by atomic mass is 16.5. The van der Waals surface area contributed by atoms with Crippen LogP contribution in [0, 0.1) is 0 Å². The fourth-order valence-corrected chi connectivity index (χ4v) is 3.30. The second kappa shape index (κ2) is 8.13. The topological polar surface area (TPSA) is 48.0 Å². The molecule has 0 N–H and O–H groups in total. The third-order valence-electron chi connectivity index (χ3n) is 4.86. The van der Waals surface area contributed by atoms with Crippen LogP contribution in [-0.4, -0.2) is 38.7 Å². The number of rotatable bonds is 6. The Bertz CT molecular complexity index is 770. The van der Waals surface area contributed by atoms with Crippen LogP contribution < -0.4 is 14.2 Å². The summed E-state index contributed by atoms with van der Waals surface area (Å²) in [5, 5.41) is 0. The Labute approximate surface area is 154 Å². The summed E-state index contributed by atoms with van der Waals surface area (Å²) >= 11 is 0. The van der Waals surface area contributed by atoms with Crippen molar-refractivity contribution < 1.29 is 19.0 Å². The van der Waals surface area contributed by atoms with Crippen molar-refractivity contribution in [3.05, 3.63) is 53.1 Å². The van der Waals surface area contributed by atoms with Crippen molar-refractivity contribution in [2.24, 2.45) is 0 Å². The number of nitrogens with zero attached hydrogens (tertiary/aromatic N) is 1. The Morgan fingerprint density at radius 3 is 2.23 bits per heavy atom. The maximum atomic E-state index is 12.6. The van der Waals surface area contributed by atoms with Gasteiger partial charge in [-0.2, -0.15) is 0 Å². The molecule has 0 fully saturated rings. The van der Waals surface area contributed by atoms with Crippen LogP contribution in [0.1, 0.15) is 23.1 Å². The fourth-order valence-electron chi connectivity index (χ4n) is 3.30. The van der Waals surface area contributed by atoms with E-state index in [1.807, 2.05) is 41.3 Å². The van der Waals surface area contributed by atoms with Gasteiger partial charge < -0.3 is 19.1 Å². The number of carbonyl (C=O) groups excluding carboxylic acids is 1. The fraction of sp³-hybridized carbons (Fsp3) is 0.381. The minimum Gasteiger partial charge on any atom is -0.497 e. The summed E-state index contributed by atoms with van der Waals surface area (Å²) in [5.41, 5.74) is 3.50. The average molecular weight is 355 g/mol. The maximum absolute atomic E-state index is 12.6. The van der Waals surface area contributed by atoms with Crippen LogP contribution in [0.15, 0.2) is 36.4 Å². The van der Waals surface area contributed by atoms with Gasteiger partial charge in [0, 0.05) is 19.5 Å². The van der Waals surface area contributed by atoms with Gasteiger partial charge in [0.25, 0.3) is 0 Å². The molecule has 0 radical (unpaired) electrons. The van der Waals surface area contributed by atoms with Gasteiger partial charge in [-0.3, -0.25) is 4.79 Å². The van der Waals surface area contributed by atoms with E-state index in [0.717, 1.165) is 42.0 Å². The summed E-state index contributed by atoms with van der Waals surface area (Å²) in [6.45, 7) is 1.36. The monoisotopic (exact) mass is 355 g/mol. The Morgan fingerprint density at radius 1 is 0.962 bits per heavy atom. The predicted molar refractivity (Wildman–Crippen MR) is 100.0 cm³/mol. The van der Waals surface area contributed by atoms with Gasteiger partial charge in [-0.25, -0.2) is 0 Å². The van der Waals surface area contributed by atoms with Crippen LogP contribution >= 0.6 is 0 Å². The molecule has 0 aliphatic carbocycles. The summed E-state index contributed by atoms with van der Waals surface area (Å²) in [6, 6.07) is 11.9. The zero-order valence-electron chi connectivity index (χ0n) is 15.6. The van der Waals surface area contributed by atoms with E-state index in [9.17, 15) is 4.79 Å². The van der Waals surface area contributed by atoms with Crippen molar-refractivity contribution in [2.45, 2.75) is 25.8 Å². The lowest BCUT2D eigenvalue weighted by molar-refractivity contribution is -0.132. The summed E-state index contributed by atoms with van der Waals surface area (Å²) < 4.78 is 15.9. The molecular weight excluding hydrogens is 330 g/mol. The molecule has 2 aromatic carbocycles. The van der Waals surface area contributed by atoms with E-state index in [4.69, 9.17) is 14.2 Å². The van der Waals surface area contributed by atoms with Gasteiger partial charge in [0.1, 0.15) is 5.75 Å². The molecule has 1 aliphatic heterocycles. The van der Waals surface area contributed by atoms with E-state index in [1.54, 1.807) is 21.3 Å². The minimum atomic E-state index is 0.182. The lowest BCUT2D eigenvalue weighted by Gasteiger charge is -2.29. The predicted octanol–water partition coefficient (Wildman–Crippen LogP) is 3.23. The van der Waals surface area contributed by atoms with Crippen molar-refractivity contribution in [1.82, 2.24) is 4.90 Å². The molecule has 1 heterocycles. The first-order valence-electron chi connectivity index (χ1n) is 8.79. The van der Waals surface area contributed by atoms with Crippen LogP contribution in [0.25, 0.3) is 0 Å². The largest absolute Gasteiger partial charge is 0.497 e. The van der Waals surface area contributed by atoms with Crippen molar-refractivity contribution in [1.29, 1.82) is 0 Å². The summed E-state index contributed by atoms with van der Waals surface area (Å²) in [7, 11) is 4.92. The number of aryl methyl sites for hydroxylation is 1. The molecule has 138 valence electrons. The van der Waals surface area contributed by atoms with E-state index in [0.29, 0.717) is 18.7 Å². The molecule has 0 unspecified atom stereocenters. The molecule has 2 aromatic rings. The molecule has 0 bridgehead atoms. The van der Waals surface area contributed by atoms with Crippen LogP contribution in [-0.2, 0) is 24.2 Å². The third kappa shape index (κ3) is 3.93. The molecule has 5 heteroatoms. The molecule has 0 atom stereocenters. The summed E-state index contributed by atoms with van der Waals surface area (Å²) in [5.74, 6) is 2.46. The number of fused-ring (bicyclic) bond motifs is 1. The molecule has 3 rings (SSSR count). The summed E-state index contributed by atoms with van der Waals surface area (Å²) in [4.78, 5) is 14.6.